The summed E-state index contributed by atoms with van der Waals surface area (Å²) in [5, 5.41) is 17.7. The monoisotopic (exact) mass is 365 g/mol. The van der Waals surface area contributed by atoms with Crippen molar-refractivity contribution < 1.29 is 14.6 Å². The smallest absolute Gasteiger partial charge is 0.313 e. The fourth-order valence-electron chi connectivity index (χ4n) is 2.13. The molecule has 123 valence electrons. The molecule has 2 heterocycles. The number of rotatable bonds is 6. The Balaban J connectivity index is 0.00000225. The first-order valence-electron chi connectivity index (χ1n) is 7.05. The van der Waals surface area contributed by atoms with Crippen LogP contribution in [0.25, 0.3) is 17.2 Å². The summed E-state index contributed by atoms with van der Waals surface area (Å²) in [6, 6.07) is 12.9. The van der Waals surface area contributed by atoms with Gasteiger partial charge in [0, 0.05) is 41.8 Å². The van der Waals surface area contributed by atoms with E-state index in [-0.39, 0.29) is 35.3 Å². The van der Waals surface area contributed by atoms with Crippen molar-refractivity contribution in [2.24, 2.45) is 0 Å². The van der Waals surface area contributed by atoms with Crippen molar-refractivity contribution in [2.75, 3.05) is 12.9 Å². The van der Waals surface area contributed by atoms with Gasteiger partial charge in [-0.3, -0.25) is 14.3 Å². The average molecular weight is 365 g/mol. The van der Waals surface area contributed by atoms with E-state index >= 15 is 0 Å². The molecule has 2 aromatic heterocycles. The minimum Gasteiger partial charge on any atom is -0.497 e. The molecule has 7 nitrogen and oxygen atoms in total. The van der Waals surface area contributed by atoms with Gasteiger partial charge < -0.3 is 9.84 Å². The number of thioether (sulfide) groups is 1. The third kappa shape index (κ3) is 4.60. The Morgan fingerprint density at radius 3 is 2.76 bits per heavy atom. The van der Waals surface area contributed by atoms with Crippen LogP contribution in [0.5, 0.6) is 5.75 Å². The molecule has 0 amide bonds. The number of nitrogens with zero attached hydrogens (tertiary/aromatic N) is 4. The summed E-state index contributed by atoms with van der Waals surface area (Å²) < 4.78 is 7.04. The molecule has 0 aliphatic carbocycles. The van der Waals surface area contributed by atoms with Crippen LogP contribution in [0.4, 0.5) is 0 Å². The van der Waals surface area contributed by atoms with Crippen LogP contribution >= 0.6 is 11.8 Å². The maximum absolute atomic E-state index is 10.9. The second-order valence-electron chi connectivity index (χ2n) is 4.74. The van der Waals surface area contributed by atoms with Gasteiger partial charge in [0.05, 0.1) is 18.6 Å². The third-order valence-corrected chi connectivity index (χ3v) is 4.08. The van der Waals surface area contributed by atoms with E-state index in [0.717, 1.165) is 17.4 Å². The van der Waals surface area contributed by atoms with E-state index in [1.165, 1.54) is 0 Å². The molecular weight excluding hydrogens is 351 g/mol. The number of aliphatic carboxylic acids is 1. The first kappa shape index (κ1) is 19.5. The zero-order valence-electron chi connectivity index (χ0n) is 13.8. The molecular formula is C16H14N4NaO3S. The summed E-state index contributed by atoms with van der Waals surface area (Å²) >= 11 is 1.10. The number of hydrogen-bond acceptors (Lipinski definition) is 6. The molecule has 0 spiro atoms. The molecule has 0 saturated carbocycles. The molecule has 9 heteroatoms. The van der Waals surface area contributed by atoms with Gasteiger partial charge in [-0.05, 0) is 24.3 Å². The molecule has 1 radical (unpaired) electrons. The Bertz CT molecular complexity index is 858. The Labute approximate surface area is 170 Å². The number of aromatic nitrogens is 4. The van der Waals surface area contributed by atoms with Gasteiger partial charge in [0.1, 0.15) is 11.4 Å². The van der Waals surface area contributed by atoms with Crippen LogP contribution in [0.1, 0.15) is 0 Å². The van der Waals surface area contributed by atoms with E-state index < -0.39 is 5.97 Å². The average Bonchev–Trinajstić information content (AvgIpc) is 3.04. The SMILES string of the molecule is COc1cccc(-n2c(SCC(=O)O)nnc2-c2ccccn2)c1.[Na]. The normalized spacial score (nSPS) is 10.1. The van der Waals surface area contributed by atoms with Crippen LogP contribution in [-0.4, -0.2) is 73.2 Å². The van der Waals surface area contributed by atoms with E-state index in [1.54, 1.807) is 17.9 Å². The van der Waals surface area contributed by atoms with Gasteiger partial charge >= 0.3 is 5.97 Å². The largest absolute Gasteiger partial charge is 0.497 e. The van der Waals surface area contributed by atoms with Crippen LogP contribution in [0.3, 0.4) is 0 Å². The van der Waals surface area contributed by atoms with Gasteiger partial charge in [-0.1, -0.05) is 23.9 Å². The third-order valence-electron chi connectivity index (χ3n) is 3.16. The van der Waals surface area contributed by atoms with Crippen molar-refractivity contribution in [1.82, 2.24) is 19.7 Å². The van der Waals surface area contributed by atoms with Gasteiger partial charge in [0.15, 0.2) is 11.0 Å². The summed E-state index contributed by atoms with van der Waals surface area (Å²) in [7, 11) is 1.59. The molecule has 0 bridgehead atoms. The van der Waals surface area contributed by atoms with Gasteiger partial charge in [0.25, 0.3) is 0 Å². The molecule has 0 saturated heterocycles. The predicted molar refractivity (Wildman–Crippen MR) is 95.3 cm³/mol. The zero-order valence-corrected chi connectivity index (χ0v) is 16.6. The second kappa shape index (κ2) is 9.00. The molecule has 0 aliphatic heterocycles. The summed E-state index contributed by atoms with van der Waals surface area (Å²) in [6.07, 6.45) is 1.67. The summed E-state index contributed by atoms with van der Waals surface area (Å²) in [5.74, 6) is 0.198. The zero-order chi connectivity index (χ0) is 16.9. The number of benzene rings is 1. The Morgan fingerprint density at radius 1 is 1.24 bits per heavy atom. The number of hydrogen-bond donors (Lipinski definition) is 1. The van der Waals surface area contributed by atoms with Gasteiger partial charge in [0.2, 0.25) is 0 Å². The van der Waals surface area contributed by atoms with E-state index in [1.807, 2.05) is 42.5 Å². The minimum absolute atomic E-state index is 0. The van der Waals surface area contributed by atoms with Crippen LogP contribution < -0.4 is 4.74 Å². The first-order valence-corrected chi connectivity index (χ1v) is 8.03. The molecule has 0 aliphatic rings. The first-order chi connectivity index (χ1) is 11.7. The molecule has 1 aromatic carbocycles. The van der Waals surface area contributed by atoms with E-state index in [2.05, 4.69) is 15.2 Å². The minimum atomic E-state index is -0.917. The van der Waals surface area contributed by atoms with Crippen LogP contribution in [0.15, 0.2) is 53.8 Å². The Kier molecular flexibility index (Phi) is 7.01. The van der Waals surface area contributed by atoms with Gasteiger partial charge in [-0.15, -0.1) is 10.2 Å². The van der Waals surface area contributed by atoms with E-state index in [0.29, 0.717) is 22.4 Å². The fourth-order valence-corrected chi connectivity index (χ4v) is 2.81. The molecule has 3 rings (SSSR count). The molecule has 0 unspecified atom stereocenters. The molecule has 1 N–H and O–H groups in total. The predicted octanol–water partition coefficient (Wildman–Crippen LogP) is 2.13. The molecule has 25 heavy (non-hydrogen) atoms. The molecule has 0 atom stereocenters. The second-order valence-corrected chi connectivity index (χ2v) is 5.68. The standard InChI is InChI=1S/C16H14N4O3S.Na/c1-23-12-6-4-5-11(9-12)20-15(13-7-2-3-8-17-13)18-19-16(20)24-10-14(21)22;/h2-9H,10H2,1H3,(H,21,22);. The van der Waals surface area contributed by atoms with Gasteiger partial charge in [-0.25, -0.2) is 0 Å². The van der Waals surface area contributed by atoms with Crippen LogP contribution in [-0.2, 0) is 4.79 Å². The maximum atomic E-state index is 10.9. The summed E-state index contributed by atoms with van der Waals surface area (Å²) in [4.78, 5) is 15.2. The molecule has 3 aromatic rings. The van der Waals surface area contributed by atoms with Gasteiger partial charge in [-0.2, -0.15) is 0 Å². The topological polar surface area (TPSA) is 90.1 Å². The number of methoxy groups -OCH3 is 1. The van der Waals surface area contributed by atoms with Crippen LogP contribution in [0, 0.1) is 0 Å². The van der Waals surface area contributed by atoms with Crippen molar-refractivity contribution in [1.29, 1.82) is 0 Å². The van der Waals surface area contributed by atoms with Crippen molar-refractivity contribution in [3.05, 3.63) is 48.7 Å². The number of pyridine rings is 1. The van der Waals surface area contributed by atoms with Crippen molar-refractivity contribution in [3.63, 3.8) is 0 Å². The fraction of sp³-hybridized carbons (Fsp3) is 0.125. The number of ether oxygens (including phenoxy) is 1. The van der Waals surface area contributed by atoms with Crippen molar-refractivity contribution in [3.8, 4) is 23.0 Å². The molecule has 0 fully saturated rings. The van der Waals surface area contributed by atoms with Crippen molar-refractivity contribution in [2.45, 2.75) is 5.16 Å². The quantitative estimate of drug-likeness (QED) is 0.529. The van der Waals surface area contributed by atoms with E-state index in [9.17, 15) is 4.79 Å². The number of carboxylic acids is 1. The van der Waals surface area contributed by atoms with Crippen LogP contribution in [0.2, 0.25) is 0 Å². The maximum Gasteiger partial charge on any atom is 0.313 e. The number of carbonyl (C=O) groups is 1. The van der Waals surface area contributed by atoms with Crippen molar-refractivity contribution >= 4 is 47.3 Å². The summed E-state index contributed by atoms with van der Waals surface area (Å²) in [6.45, 7) is 0. The summed E-state index contributed by atoms with van der Waals surface area (Å²) in [5.41, 5.74) is 1.42. The Morgan fingerprint density at radius 2 is 2.08 bits per heavy atom. The number of carboxylic acid groups (broad SMARTS) is 1. The van der Waals surface area contributed by atoms with E-state index in [4.69, 9.17) is 9.84 Å². The Hall–Kier alpha value is -1.87.